The smallest absolute Gasteiger partial charge is 0.331 e. The average molecular weight is 267 g/mol. The summed E-state index contributed by atoms with van der Waals surface area (Å²) in [5.41, 5.74) is 4.51. The van der Waals surface area contributed by atoms with Gasteiger partial charge in [-0.3, -0.25) is 0 Å². The molecule has 2 N–H and O–H groups in total. The van der Waals surface area contributed by atoms with Gasteiger partial charge in [0.2, 0.25) is 0 Å². The molecule has 20 heavy (non-hydrogen) atoms. The van der Waals surface area contributed by atoms with Gasteiger partial charge in [0.1, 0.15) is 0 Å². The van der Waals surface area contributed by atoms with Crippen LogP contribution in [-0.4, -0.2) is 18.1 Å². The molecule has 0 unspecified atom stereocenters. The minimum Gasteiger partial charge on any atom is -0.478 e. The Hall–Kier alpha value is -2.55. The van der Waals surface area contributed by atoms with Crippen LogP contribution in [0.4, 0.5) is 5.69 Å². The summed E-state index contributed by atoms with van der Waals surface area (Å²) >= 11 is 0. The van der Waals surface area contributed by atoms with Crippen LogP contribution < -0.4 is 5.32 Å². The number of anilines is 1. The van der Waals surface area contributed by atoms with Crippen molar-refractivity contribution in [3.63, 3.8) is 0 Å². The molecule has 2 rings (SSSR count). The van der Waals surface area contributed by atoms with E-state index in [2.05, 4.69) is 11.4 Å². The van der Waals surface area contributed by atoms with E-state index in [-0.39, 0.29) is 0 Å². The minimum atomic E-state index is -0.893. The zero-order valence-electron chi connectivity index (χ0n) is 11.6. The first kappa shape index (κ1) is 13.9. The van der Waals surface area contributed by atoms with Gasteiger partial charge < -0.3 is 10.4 Å². The van der Waals surface area contributed by atoms with E-state index >= 15 is 0 Å². The van der Waals surface area contributed by atoms with Crippen LogP contribution >= 0.6 is 0 Å². The Labute approximate surface area is 118 Å². The van der Waals surface area contributed by atoms with E-state index in [0.717, 1.165) is 22.4 Å². The first-order valence-electron chi connectivity index (χ1n) is 6.40. The highest BCUT2D eigenvalue weighted by atomic mass is 16.4. The van der Waals surface area contributed by atoms with E-state index in [1.807, 2.05) is 49.5 Å². The molecule has 0 saturated carbocycles. The molecule has 0 spiro atoms. The Morgan fingerprint density at radius 3 is 2.40 bits per heavy atom. The lowest BCUT2D eigenvalue weighted by atomic mass is 10.0. The minimum absolute atomic E-state index is 0.329. The zero-order valence-corrected chi connectivity index (χ0v) is 11.6. The van der Waals surface area contributed by atoms with Gasteiger partial charge in [-0.2, -0.15) is 0 Å². The maximum Gasteiger partial charge on any atom is 0.331 e. The maximum atomic E-state index is 10.8. The summed E-state index contributed by atoms with van der Waals surface area (Å²) < 4.78 is 0. The van der Waals surface area contributed by atoms with Crippen molar-refractivity contribution in [2.45, 2.75) is 6.92 Å². The topological polar surface area (TPSA) is 49.3 Å². The van der Waals surface area contributed by atoms with E-state index in [9.17, 15) is 4.79 Å². The average Bonchev–Trinajstić information content (AvgIpc) is 2.48. The molecule has 3 nitrogen and oxygen atoms in total. The molecule has 0 radical (unpaired) electrons. The number of carbonyl (C=O) groups is 1. The Balaban J connectivity index is 2.28. The molecule has 0 aromatic heterocycles. The predicted molar refractivity (Wildman–Crippen MR) is 82.7 cm³/mol. The lowest BCUT2D eigenvalue weighted by molar-refractivity contribution is -0.132. The van der Waals surface area contributed by atoms with Crippen molar-refractivity contribution in [1.82, 2.24) is 0 Å². The van der Waals surface area contributed by atoms with Gasteiger partial charge in [-0.25, -0.2) is 4.79 Å². The number of benzene rings is 2. The monoisotopic (exact) mass is 267 g/mol. The van der Waals surface area contributed by atoms with Crippen molar-refractivity contribution >= 4 is 17.7 Å². The Bertz CT molecular complexity index is 642. The van der Waals surface area contributed by atoms with E-state index in [4.69, 9.17) is 5.11 Å². The van der Waals surface area contributed by atoms with Gasteiger partial charge in [0.05, 0.1) is 0 Å². The van der Waals surface area contributed by atoms with Crippen LogP contribution in [0.5, 0.6) is 0 Å². The van der Waals surface area contributed by atoms with Gasteiger partial charge in [0.15, 0.2) is 0 Å². The summed E-state index contributed by atoms with van der Waals surface area (Å²) in [7, 11) is 1.89. The molecule has 102 valence electrons. The summed E-state index contributed by atoms with van der Waals surface area (Å²) in [6.45, 7) is 1.59. The molecular weight excluding hydrogens is 250 g/mol. The summed E-state index contributed by atoms with van der Waals surface area (Å²) in [5, 5.41) is 12.0. The predicted octanol–water partition coefficient (Wildman–Crippen LogP) is 3.88. The fraction of sp³-hybridized carbons (Fsp3) is 0.118. The molecule has 0 aliphatic heterocycles. The van der Waals surface area contributed by atoms with Crippen molar-refractivity contribution < 1.29 is 9.90 Å². The third kappa shape index (κ3) is 3.26. The van der Waals surface area contributed by atoms with Gasteiger partial charge >= 0.3 is 5.97 Å². The molecule has 0 heterocycles. The van der Waals surface area contributed by atoms with Crippen LogP contribution in [0.15, 0.2) is 54.1 Å². The van der Waals surface area contributed by atoms with Crippen LogP contribution in [0.3, 0.4) is 0 Å². The van der Waals surface area contributed by atoms with Gasteiger partial charge in [0.25, 0.3) is 0 Å². The second kappa shape index (κ2) is 6.06. The molecule has 0 saturated heterocycles. The SMILES string of the molecule is CNc1cccc(-c2ccc(C=C(C)C(=O)O)cc2)c1. The highest BCUT2D eigenvalue weighted by molar-refractivity contribution is 5.91. The fourth-order valence-corrected chi connectivity index (χ4v) is 1.94. The van der Waals surface area contributed by atoms with Gasteiger partial charge in [-0.05, 0) is 41.8 Å². The van der Waals surface area contributed by atoms with Gasteiger partial charge in [-0.15, -0.1) is 0 Å². The lowest BCUT2D eigenvalue weighted by Crippen LogP contribution is -1.95. The van der Waals surface area contributed by atoms with Crippen molar-refractivity contribution in [2.75, 3.05) is 12.4 Å². The Morgan fingerprint density at radius 2 is 1.80 bits per heavy atom. The number of hydrogen-bond acceptors (Lipinski definition) is 2. The highest BCUT2D eigenvalue weighted by Gasteiger charge is 2.01. The molecule has 2 aromatic carbocycles. The number of hydrogen-bond donors (Lipinski definition) is 2. The quantitative estimate of drug-likeness (QED) is 0.826. The summed E-state index contributed by atoms with van der Waals surface area (Å²) in [4.78, 5) is 10.8. The van der Waals surface area contributed by atoms with E-state index < -0.39 is 5.97 Å². The maximum absolute atomic E-state index is 10.8. The van der Waals surface area contributed by atoms with Crippen LogP contribution in [0.2, 0.25) is 0 Å². The van der Waals surface area contributed by atoms with Crippen molar-refractivity contribution in [2.24, 2.45) is 0 Å². The number of aliphatic carboxylic acids is 1. The fourth-order valence-electron chi connectivity index (χ4n) is 1.94. The van der Waals surface area contributed by atoms with Crippen LogP contribution in [0.1, 0.15) is 12.5 Å². The van der Waals surface area contributed by atoms with Gasteiger partial charge in [0, 0.05) is 18.3 Å². The Morgan fingerprint density at radius 1 is 1.10 bits per heavy atom. The van der Waals surface area contributed by atoms with E-state index in [1.165, 1.54) is 0 Å². The second-order valence-electron chi connectivity index (χ2n) is 4.59. The van der Waals surface area contributed by atoms with Crippen LogP contribution in [-0.2, 0) is 4.79 Å². The van der Waals surface area contributed by atoms with Gasteiger partial charge in [-0.1, -0.05) is 36.4 Å². The number of carboxylic acid groups (broad SMARTS) is 1. The third-order valence-electron chi connectivity index (χ3n) is 3.12. The summed E-state index contributed by atoms with van der Waals surface area (Å²) in [6.07, 6.45) is 1.66. The lowest BCUT2D eigenvalue weighted by Gasteiger charge is -2.05. The molecule has 0 aliphatic rings. The molecule has 0 atom stereocenters. The normalized spacial score (nSPS) is 11.2. The van der Waals surface area contributed by atoms with E-state index in [1.54, 1.807) is 13.0 Å². The molecule has 0 fully saturated rings. The third-order valence-corrected chi connectivity index (χ3v) is 3.12. The Kier molecular flexibility index (Phi) is 4.20. The molecule has 0 aliphatic carbocycles. The van der Waals surface area contributed by atoms with Crippen LogP contribution in [0.25, 0.3) is 17.2 Å². The van der Waals surface area contributed by atoms with Crippen molar-refractivity contribution in [1.29, 1.82) is 0 Å². The molecule has 2 aromatic rings. The van der Waals surface area contributed by atoms with Crippen molar-refractivity contribution in [3.05, 3.63) is 59.7 Å². The second-order valence-corrected chi connectivity index (χ2v) is 4.59. The zero-order chi connectivity index (χ0) is 14.5. The number of carboxylic acids is 1. The molecule has 0 amide bonds. The standard InChI is InChI=1S/C17H17NO2/c1-12(17(19)20)10-13-6-8-14(9-7-13)15-4-3-5-16(11-15)18-2/h3-11,18H,1-2H3,(H,19,20). The number of rotatable bonds is 4. The van der Waals surface area contributed by atoms with Crippen LogP contribution in [0, 0.1) is 0 Å². The summed E-state index contributed by atoms with van der Waals surface area (Å²) in [5.74, 6) is -0.893. The molecule has 0 bridgehead atoms. The number of nitrogens with one attached hydrogen (secondary N) is 1. The largest absolute Gasteiger partial charge is 0.478 e. The molecular formula is C17H17NO2. The van der Waals surface area contributed by atoms with Crippen molar-refractivity contribution in [3.8, 4) is 11.1 Å². The highest BCUT2D eigenvalue weighted by Crippen LogP contribution is 2.23. The van der Waals surface area contributed by atoms with E-state index in [0.29, 0.717) is 5.57 Å². The molecule has 3 heteroatoms. The first-order valence-corrected chi connectivity index (χ1v) is 6.40. The summed E-state index contributed by atoms with van der Waals surface area (Å²) in [6, 6.07) is 16.0. The first-order chi connectivity index (χ1) is 9.60.